The number of nitrogens with zero attached hydrogens (tertiary/aromatic N) is 2. The predicted molar refractivity (Wildman–Crippen MR) is 127 cm³/mol. The van der Waals surface area contributed by atoms with E-state index >= 15 is 0 Å². The van der Waals surface area contributed by atoms with Crippen molar-refractivity contribution in [3.8, 4) is 23.0 Å². The molecule has 1 aromatic heterocycles. The topological polar surface area (TPSA) is 136 Å². The van der Waals surface area contributed by atoms with Gasteiger partial charge in [-0.2, -0.15) is 4.98 Å². The van der Waals surface area contributed by atoms with Gasteiger partial charge in [0.2, 0.25) is 11.7 Å². The maximum atomic E-state index is 14.5. The molecule has 34 heavy (non-hydrogen) atoms. The zero-order valence-electron chi connectivity index (χ0n) is 18.8. The zero-order valence-corrected chi connectivity index (χ0v) is 19.7. The lowest BCUT2D eigenvalue weighted by molar-refractivity contribution is 0.324. The van der Waals surface area contributed by atoms with Crippen LogP contribution in [0.4, 0.5) is 33.2 Å². The van der Waals surface area contributed by atoms with Gasteiger partial charge < -0.3 is 29.6 Å². The third-order valence-electron chi connectivity index (χ3n) is 4.43. The monoisotopic (exact) mass is 493 g/mol. The second-order valence-corrected chi connectivity index (χ2v) is 7.22. The molecule has 0 aliphatic heterocycles. The van der Waals surface area contributed by atoms with E-state index in [1.165, 1.54) is 21.3 Å². The number of methoxy groups -OCH3 is 3. The van der Waals surface area contributed by atoms with Gasteiger partial charge in [0, 0.05) is 17.8 Å². The van der Waals surface area contributed by atoms with E-state index in [-0.39, 0.29) is 23.1 Å². The van der Waals surface area contributed by atoms with E-state index in [2.05, 4.69) is 25.3 Å². The molecule has 1 heterocycles. The Balaban J connectivity index is 1.94. The average Bonchev–Trinajstić information content (AvgIpc) is 2.82. The Morgan fingerprint density at radius 1 is 1.06 bits per heavy atom. The van der Waals surface area contributed by atoms with Crippen molar-refractivity contribution in [3.05, 3.63) is 42.3 Å². The summed E-state index contributed by atoms with van der Waals surface area (Å²) < 4.78 is 59.1. The number of hydrogen-bond acceptors (Lipinski definition) is 9. The van der Waals surface area contributed by atoms with Crippen molar-refractivity contribution in [1.29, 1.82) is 0 Å². The molecule has 0 aliphatic rings. The van der Waals surface area contributed by atoms with Crippen LogP contribution in [0, 0.1) is 5.82 Å². The van der Waals surface area contributed by atoms with E-state index in [0.717, 1.165) is 6.20 Å². The quantitative estimate of drug-likeness (QED) is 0.289. The summed E-state index contributed by atoms with van der Waals surface area (Å²) in [5.41, 5.74) is 0.940. The molecule has 0 radical (unpaired) electrons. The maximum absolute atomic E-state index is 14.5. The summed E-state index contributed by atoms with van der Waals surface area (Å²) >= 11 is -2.39. The predicted octanol–water partition coefficient (Wildman–Crippen LogP) is 4.08. The van der Waals surface area contributed by atoms with Crippen LogP contribution < -0.4 is 34.3 Å². The van der Waals surface area contributed by atoms with Crippen LogP contribution in [0.2, 0.25) is 0 Å². The molecule has 0 saturated heterocycles. The average molecular weight is 494 g/mol. The highest BCUT2D eigenvalue weighted by Crippen LogP contribution is 2.40. The highest BCUT2D eigenvalue weighted by Gasteiger charge is 2.17. The van der Waals surface area contributed by atoms with Crippen LogP contribution in [-0.4, -0.2) is 46.7 Å². The van der Waals surface area contributed by atoms with Crippen LogP contribution in [-0.2, 0) is 11.3 Å². The molecule has 0 amide bonds. The number of hydrogen-bond donors (Lipinski definition) is 4. The Morgan fingerprint density at radius 3 is 2.35 bits per heavy atom. The summed E-state index contributed by atoms with van der Waals surface area (Å²) in [5, 5.41) is 5.77. The Bertz CT molecular complexity index is 1160. The van der Waals surface area contributed by atoms with E-state index in [1.54, 1.807) is 37.3 Å². The number of anilines is 5. The molecule has 0 aliphatic carbocycles. The van der Waals surface area contributed by atoms with Gasteiger partial charge in [0.15, 0.2) is 23.1 Å². The van der Waals surface area contributed by atoms with E-state index in [4.69, 9.17) is 18.9 Å². The molecule has 182 valence electrons. The summed E-state index contributed by atoms with van der Waals surface area (Å²) in [6, 6.07) is 8.12. The van der Waals surface area contributed by atoms with Crippen molar-refractivity contribution < 1.29 is 32.1 Å². The smallest absolute Gasteiger partial charge is 0.259 e. The van der Waals surface area contributed by atoms with Crippen molar-refractivity contribution in [3.63, 3.8) is 0 Å². The lowest BCUT2D eigenvalue weighted by Gasteiger charge is -2.17. The third kappa shape index (κ3) is 5.74. The zero-order chi connectivity index (χ0) is 24.7. The molecule has 0 bridgehead atoms. The van der Waals surface area contributed by atoms with Gasteiger partial charge >= 0.3 is 0 Å². The van der Waals surface area contributed by atoms with E-state index < -0.39 is 17.1 Å². The Labute approximate surface area is 198 Å². The van der Waals surface area contributed by atoms with Gasteiger partial charge in [0.25, 0.3) is 11.3 Å². The largest absolute Gasteiger partial charge is 0.493 e. The highest BCUT2D eigenvalue weighted by molar-refractivity contribution is 7.80. The molecule has 3 rings (SSSR count). The summed E-state index contributed by atoms with van der Waals surface area (Å²) in [5.74, 6) is 0.683. The van der Waals surface area contributed by atoms with Crippen LogP contribution >= 0.6 is 0 Å². The van der Waals surface area contributed by atoms with E-state index in [9.17, 15) is 13.2 Å². The molecule has 13 heteroatoms. The minimum atomic E-state index is -2.39. The van der Waals surface area contributed by atoms with Crippen molar-refractivity contribution in [1.82, 2.24) is 9.97 Å². The first kappa shape index (κ1) is 24.8. The van der Waals surface area contributed by atoms with Gasteiger partial charge in [-0.15, -0.1) is 0 Å². The Kier molecular flexibility index (Phi) is 8.27. The highest BCUT2D eigenvalue weighted by atomic mass is 32.2. The van der Waals surface area contributed by atoms with Crippen LogP contribution in [0.5, 0.6) is 23.0 Å². The van der Waals surface area contributed by atoms with Gasteiger partial charge in [0.1, 0.15) is 11.4 Å². The Hall–Kier alpha value is -3.84. The van der Waals surface area contributed by atoms with Gasteiger partial charge in [-0.3, -0.25) is 9.27 Å². The number of rotatable bonds is 11. The summed E-state index contributed by atoms with van der Waals surface area (Å²) in [4.78, 5) is 8.15. The van der Waals surface area contributed by atoms with Gasteiger partial charge in [-0.05, 0) is 19.1 Å². The van der Waals surface area contributed by atoms with Crippen molar-refractivity contribution in [2.24, 2.45) is 0 Å². The number of para-hydroxylation sites is 1. The fourth-order valence-corrected chi connectivity index (χ4v) is 3.41. The van der Waals surface area contributed by atoms with Crippen LogP contribution in [0.3, 0.4) is 0 Å². The molecule has 2 aromatic carbocycles. The maximum Gasteiger partial charge on any atom is 0.259 e. The number of ether oxygens (including phenoxy) is 4. The second-order valence-electron chi connectivity index (χ2n) is 6.52. The molecular weight excluding hydrogens is 469 g/mol. The van der Waals surface area contributed by atoms with Gasteiger partial charge in [0.05, 0.1) is 39.8 Å². The first-order valence-corrected chi connectivity index (χ1v) is 11.0. The summed E-state index contributed by atoms with van der Waals surface area (Å²) in [6.45, 7) is 2.09. The lowest BCUT2D eigenvalue weighted by Crippen LogP contribution is -2.09. The standard InChI is InChI=1S/C21H24FN5O6S/c1-5-33-15-8-6-7-14(18(15)27-34(28)29)25-20-13(22)11-23-21(26-20)24-12-9-16(30-2)19(32-4)17(10-12)31-3/h6-11,27H,5H2,1-4H3,(H,28,29)(H2,23,24,25,26). The van der Waals surface area contributed by atoms with Crippen LogP contribution in [0.1, 0.15) is 6.92 Å². The summed E-state index contributed by atoms with van der Waals surface area (Å²) in [6.07, 6.45) is 0.985. The number of benzene rings is 2. The van der Waals surface area contributed by atoms with Gasteiger partial charge in [-0.1, -0.05) is 6.07 Å². The molecule has 4 N–H and O–H groups in total. The molecule has 1 atom stereocenters. The molecule has 0 fully saturated rings. The van der Waals surface area contributed by atoms with Gasteiger partial charge in [-0.25, -0.2) is 13.6 Å². The minimum Gasteiger partial charge on any atom is -0.493 e. The molecular formula is C21H24FN5O6S. The first-order chi connectivity index (χ1) is 16.4. The number of nitrogens with one attached hydrogen (secondary N) is 3. The lowest BCUT2D eigenvalue weighted by atomic mass is 10.2. The van der Waals surface area contributed by atoms with Crippen LogP contribution in [0.15, 0.2) is 36.5 Å². The fraction of sp³-hybridized carbons (Fsp3) is 0.238. The van der Waals surface area contributed by atoms with Crippen molar-refractivity contribution >= 4 is 40.1 Å². The van der Waals surface area contributed by atoms with Crippen LogP contribution in [0.25, 0.3) is 0 Å². The molecule has 0 spiro atoms. The fourth-order valence-electron chi connectivity index (χ4n) is 3.03. The molecule has 0 saturated carbocycles. The minimum absolute atomic E-state index is 0.0689. The van der Waals surface area contributed by atoms with E-state index in [0.29, 0.717) is 35.3 Å². The first-order valence-electron chi connectivity index (χ1n) is 9.90. The van der Waals surface area contributed by atoms with E-state index in [1.807, 2.05) is 0 Å². The number of halogens is 1. The van der Waals surface area contributed by atoms with Crippen molar-refractivity contribution in [2.45, 2.75) is 6.92 Å². The molecule has 1 unspecified atom stereocenters. The SMILES string of the molecule is CCOc1cccc(Nc2nc(Nc3cc(OC)c(OC)c(OC)c3)ncc2F)c1NS(=O)O. The Morgan fingerprint density at radius 2 is 1.76 bits per heavy atom. The normalized spacial score (nSPS) is 11.4. The second kappa shape index (κ2) is 11.3. The molecule has 3 aromatic rings. The van der Waals surface area contributed by atoms with Crippen molar-refractivity contribution in [2.75, 3.05) is 43.3 Å². The molecule has 11 nitrogen and oxygen atoms in total. The summed E-state index contributed by atoms with van der Waals surface area (Å²) in [7, 11) is 4.46. The number of aromatic nitrogens is 2. The third-order valence-corrected chi connectivity index (χ3v) is 4.81.